The smallest absolute Gasteiger partial charge is 0.304 e. The van der Waals surface area contributed by atoms with E-state index in [-0.39, 0.29) is 19.8 Å². The minimum atomic E-state index is -4.23. The van der Waals surface area contributed by atoms with Gasteiger partial charge in [0.15, 0.2) is 0 Å². The minimum absolute atomic E-state index is 0.00754. The van der Waals surface area contributed by atoms with Crippen molar-refractivity contribution >= 4 is 25.5 Å². The highest BCUT2D eigenvalue weighted by atomic mass is 32.2. The Morgan fingerprint density at radius 3 is 1.45 bits per heavy atom. The Morgan fingerprint density at radius 1 is 0.774 bits per heavy atom. The molecule has 1 heterocycles. The van der Waals surface area contributed by atoms with Crippen molar-refractivity contribution < 1.29 is 31.1 Å². The molecule has 0 aromatic heterocycles. The quantitative estimate of drug-likeness (QED) is 0.0920. The molecule has 0 aliphatic carbocycles. The molecule has 2 unspecified atom stereocenters. The molecule has 0 amide bonds. The average molecular weight is 500 g/mol. The van der Waals surface area contributed by atoms with Crippen LogP contribution in [0.1, 0.15) is 98.8 Å². The molecular weight excluding hydrogens is 458 g/mol. The lowest BCUT2D eigenvalue weighted by molar-refractivity contribution is 0.216. The second kappa shape index (κ2) is 16.4. The first-order chi connectivity index (χ1) is 14.7. The molecular formula is C21H41O7P2S+. The maximum absolute atomic E-state index is 12.7. The zero-order valence-electron chi connectivity index (χ0n) is 19.9. The molecule has 7 nitrogen and oxygen atoms in total. The predicted molar refractivity (Wildman–Crippen MR) is 127 cm³/mol. The van der Waals surface area contributed by atoms with Gasteiger partial charge in [-0.15, -0.1) is 4.52 Å². The lowest BCUT2D eigenvalue weighted by Crippen LogP contribution is -2.40. The third-order valence-electron chi connectivity index (χ3n) is 4.64. The molecule has 2 atom stereocenters. The number of unbranched alkanes of at least 4 members (excludes halogenated alkanes) is 9. The van der Waals surface area contributed by atoms with Crippen LogP contribution in [0.2, 0.25) is 0 Å². The highest BCUT2D eigenvalue weighted by Crippen LogP contribution is 2.73. The summed E-state index contributed by atoms with van der Waals surface area (Å²) in [6.45, 7) is 9.00. The van der Waals surface area contributed by atoms with Crippen molar-refractivity contribution in [2.45, 2.75) is 103 Å². The molecule has 0 saturated heterocycles. The maximum Gasteiger partial charge on any atom is 0.559 e. The first kappa shape index (κ1) is 30.7. The van der Waals surface area contributed by atoms with E-state index in [4.69, 9.17) is 13.6 Å². The van der Waals surface area contributed by atoms with E-state index in [0.717, 1.165) is 0 Å². The summed E-state index contributed by atoms with van der Waals surface area (Å²) in [5.74, 6) is 2.18. The summed E-state index contributed by atoms with van der Waals surface area (Å²) >= 11 is 0. The Morgan fingerprint density at radius 2 is 1.19 bits per heavy atom. The van der Waals surface area contributed by atoms with Crippen LogP contribution in [0.4, 0.5) is 0 Å². The predicted octanol–water partition coefficient (Wildman–Crippen LogP) is 7.00. The molecule has 10 heteroatoms. The van der Waals surface area contributed by atoms with Gasteiger partial charge in [0.25, 0.3) is 9.84 Å². The molecule has 0 fully saturated rings. The van der Waals surface area contributed by atoms with E-state index in [1.807, 2.05) is 5.25 Å². The Bertz CT molecular complexity index is 708. The normalized spacial score (nSPS) is 19.5. The van der Waals surface area contributed by atoms with Crippen molar-refractivity contribution in [2.75, 3.05) is 19.8 Å². The van der Waals surface area contributed by atoms with E-state index in [9.17, 15) is 17.5 Å². The lowest BCUT2D eigenvalue weighted by atomic mass is 10.1. The van der Waals surface area contributed by atoms with E-state index in [1.54, 1.807) is 0 Å². The number of hydrogen-bond donors (Lipinski definition) is 0. The molecule has 182 valence electrons. The van der Waals surface area contributed by atoms with Crippen LogP contribution < -0.4 is 0 Å². The first-order valence-corrected chi connectivity index (χ1v) is 15.7. The third kappa shape index (κ3) is 8.88. The van der Waals surface area contributed by atoms with E-state index >= 15 is 0 Å². The number of sulfone groups is 1. The Labute approximate surface area is 190 Å². The number of rotatable bonds is 17. The summed E-state index contributed by atoms with van der Waals surface area (Å²) < 4.78 is 60.8. The molecule has 1 aliphatic rings. The van der Waals surface area contributed by atoms with Crippen molar-refractivity contribution in [3.63, 3.8) is 0 Å². The van der Waals surface area contributed by atoms with Crippen LogP contribution in [-0.4, -0.2) is 32.5 Å². The van der Waals surface area contributed by atoms with Crippen LogP contribution in [0.25, 0.3) is 0 Å². The molecule has 0 spiro atoms. The van der Waals surface area contributed by atoms with Gasteiger partial charge >= 0.3 is 19.9 Å². The van der Waals surface area contributed by atoms with Crippen molar-refractivity contribution in [1.82, 2.24) is 0 Å². The molecule has 31 heavy (non-hydrogen) atoms. The lowest BCUT2D eigenvalue weighted by Gasteiger charge is -2.26. The van der Waals surface area contributed by atoms with Crippen molar-refractivity contribution in [1.29, 1.82) is 0 Å². The zero-order chi connectivity index (χ0) is 23.8. The van der Waals surface area contributed by atoms with Gasteiger partial charge in [0.2, 0.25) is 0 Å². The first-order valence-electron chi connectivity index (χ1n) is 11.5. The van der Waals surface area contributed by atoms with Gasteiger partial charge in [-0.25, -0.2) is 8.42 Å². The Hall–Kier alpha value is -0.280. The van der Waals surface area contributed by atoms with Crippen LogP contribution in [0.3, 0.4) is 0 Å². The third-order valence-corrected chi connectivity index (χ3v) is 12.8. The van der Waals surface area contributed by atoms with Crippen molar-refractivity contribution in [3.05, 3.63) is 0 Å². The highest BCUT2D eigenvalue weighted by Gasteiger charge is 2.79. The molecule has 0 saturated carbocycles. The van der Waals surface area contributed by atoms with Crippen LogP contribution >= 0.6 is 15.6 Å². The molecule has 1 rings (SSSR count). The second-order valence-corrected chi connectivity index (χ2v) is 13.6. The summed E-state index contributed by atoms with van der Waals surface area (Å²) in [5, 5.41) is 1.86. The summed E-state index contributed by atoms with van der Waals surface area (Å²) in [4.78, 5) is 0. The summed E-state index contributed by atoms with van der Waals surface area (Å²) in [5.41, 5.74) is 0. The van der Waals surface area contributed by atoms with Gasteiger partial charge < -0.3 is 9.05 Å². The van der Waals surface area contributed by atoms with Gasteiger partial charge in [0, 0.05) is 11.2 Å². The average Bonchev–Trinajstić information content (AvgIpc) is 2.70. The van der Waals surface area contributed by atoms with Gasteiger partial charge in [0.1, 0.15) is 0 Å². The summed E-state index contributed by atoms with van der Waals surface area (Å²) in [6.07, 6.45) is 14.4. The van der Waals surface area contributed by atoms with Crippen molar-refractivity contribution in [2.24, 2.45) is 0 Å². The minimum Gasteiger partial charge on any atom is -0.304 e. The van der Waals surface area contributed by atoms with E-state index in [2.05, 4.69) is 19.8 Å². The Kier molecular flexibility index (Phi) is 16.2. The fourth-order valence-electron chi connectivity index (χ4n) is 3.00. The van der Waals surface area contributed by atoms with Gasteiger partial charge in [-0.05, 0) is 25.3 Å². The Balaban J connectivity index is 0.000000649. The van der Waals surface area contributed by atoms with Crippen LogP contribution in [0.5, 0.6) is 0 Å². The van der Waals surface area contributed by atoms with E-state index in [0.29, 0.717) is 0 Å². The molecule has 0 aromatic carbocycles. The standard InChI is InChI=1S/C12H26.C9H15O7P2S/c1-3-5-7-9-11-12-10-8-6-4-2;1-4-14-17(10)9(7-8-19(9,12)13)18(11,15-5-2)16-6-3/h3-12H2,1-2H3;4-6H2,1-3H3/q;+1. The van der Waals surface area contributed by atoms with E-state index < -0.39 is 29.7 Å². The SMILES string of the molecule is CCCCCCCCCCCC.CCO[P+](=O)C1(P(=O)(OCC)OCC)C#CS1(=O)=O. The second-order valence-electron chi connectivity index (χ2n) is 7.18. The summed E-state index contributed by atoms with van der Waals surface area (Å²) in [7, 11) is -11.3. The summed E-state index contributed by atoms with van der Waals surface area (Å²) in [6, 6.07) is 0. The fourth-order valence-corrected chi connectivity index (χ4v) is 9.50. The fraction of sp³-hybridized carbons (Fsp3) is 0.905. The number of hydrogen-bond acceptors (Lipinski definition) is 7. The molecule has 1 aliphatic heterocycles. The monoisotopic (exact) mass is 499 g/mol. The van der Waals surface area contributed by atoms with Crippen molar-refractivity contribution in [3.8, 4) is 11.2 Å². The van der Waals surface area contributed by atoms with Gasteiger partial charge in [-0.2, -0.15) is 0 Å². The topological polar surface area (TPSA) is 96.0 Å². The van der Waals surface area contributed by atoms with Gasteiger partial charge in [-0.1, -0.05) is 78.1 Å². The molecule has 0 N–H and O–H groups in total. The van der Waals surface area contributed by atoms with Crippen LogP contribution in [0, 0.1) is 11.2 Å². The highest BCUT2D eigenvalue weighted by molar-refractivity contribution is 8.11. The molecule has 0 radical (unpaired) electrons. The largest absolute Gasteiger partial charge is 0.559 e. The van der Waals surface area contributed by atoms with E-state index in [1.165, 1.54) is 85.0 Å². The van der Waals surface area contributed by atoms with Gasteiger partial charge in [-0.3, -0.25) is 4.57 Å². The molecule has 0 aromatic rings. The zero-order valence-corrected chi connectivity index (χ0v) is 22.5. The molecule has 0 bridgehead atoms. The maximum atomic E-state index is 12.7. The van der Waals surface area contributed by atoms with Crippen LogP contribution in [-0.2, 0) is 32.5 Å². The van der Waals surface area contributed by atoms with Gasteiger partial charge in [0.05, 0.1) is 19.8 Å². The van der Waals surface area contributed by atoms with Crippen LogP contribution in [0.15, 0.2) is 0 Å².